The molecule has 1 aliphatic heterocycles. The molecule has 0 spiro atoms. The van der Waals surface area contributed by atoms with Gasteiger partial charge < -0.3 is 14.2 Å². The Bertz CT molecular complexity index is 674. The molecule has 0 aromatic carbocycles. The molecule has 7 heteroatoms. The molecule has 0 bridgehead atoms. The van der Waals surface area contributed by atoms with Gasteiger partial charge in [0.15, 0.2) is 0 Å². The lowest BCUT2D eigenvalue weighted by atomic mass is 10.1. The third kappa shape index (κ3) is 4.00. The highest BCUT2D eigenvalue weighted by Crippen LogP contribution is 2.27. The van der Waals surface area contributed by atoms with Crippen LogP contribution in [0.5, 0.6) is 5.88 Å². The smallest absolute Gasteiger partial charge is 0.227 e. The lowest BCUT2D eigenvalue weighted by Crippen LogP contribution is -2.15. The number of aromatic nitrogens is 3. The van der Waals surface area contributed by atoms with Gasteiger partial charge >= 0.3 is 0 Å². The number of halogens is 1. The van der Waals surface area contributed by atoms with E-state index < -0.39 is 0 Å². The van der Waals surface area contributed by atoms with Crippen molar-refractivity contribution < 1.29 is 9.26 Å². The molecule has 23 heavy (non-hydrogen) atoms. The second-order valence-electron chi connectivity index (χ2n) is 6.28. The highest BCUT2D eigenvalue weighted by atomic mass is 35.5. The summed E-state index contributed by atoms with van der Waals surface area (Å²) < 4.78 is 11.0. The zero-order valence-corrected chi connectivity index (χ0v) is 14.4. The molecule has 3 heterocycles. The van der Waals surface area contributed by atoms with Crippen molar-refractivity contribution >= 4 is 11.6 Å². The quantitative estimate of drug-likeness (QED) is 0.836. The van der Waals surface area contributed by atoms with Crippen molar-refractivity contribution in [3.8, 4) is 17.4 Å². The largest absolute Gasteiger partial charge is 0.475 e. The first kappa shape index (κ1) is 16.2. The van der Waals surface area contributed by atoms with Crippen molar-refractivity contribution in [1.29, 1.82) is 0 Å². The van der Waals surface area contributed by atoms with E-state index in [0.717, 1.165) is 25.9 Å². The van der Waals surface area contributed by atoms with Gasteiger partial charge in [-0.3, -0.25) is 0 Å². The minimum atomic E-state index is 0.0386. The number of hydrogen-bond donors (Lipinski definition) is 0. The topological polar surface area (TPSA) is 64.3 Å². The van der Waals surface area contributed by atoms with E-state index >= 15 is 0 Å². The van der Waals surface area contributed by atoms with Crippen LogP contribution in [0, 0.1) is 5.92 Å². The summed E-state index contributed by atoms with van der Waals surface area (Å²) >= 11 is 6.22. The zero-order valence-electron chi connectivity index (χ0n) is 13.6. The molecule has 2 aromatic heterocycles. The Morgan fingerprint density at radius 3 is 2.91 bits per heavy atom. The Morgan fingerprint density at radius 1 is 1.39 bits per heavy atom. The molecule has 1 fully saturated rings. The van der Waals surface area contributed by atoms with Gasteiger partial charge in [-0.2, -0.15) is 4.98 Å². The van der Waals surface area contributed by atoms with Crippen molar-refractivity contribution in [2.75, 3.05) is 20.1 Å². The lowest BCUT2D eigenvalue weighted by molar-refractivity contribution is 0.233. The molecule has 0 N–H and O–H groups in total. The zero-order chi connectivity index (χ0) is 16.4. The summed E-state index contributed by atoms with van der Waals surface area (Å²) in [5, 5.41) is 4.51. The summed E-state index contributed by atoms with van der Waals surface area (Å²) in [4.78, 5) is 11.2. The van der Waals surface area contributed by atoms with Gasteiger partial charge in [0.25, 0.3) is 0 Å². The van der Waals surface area contributed by atoms with Crippen LogP contribution < -0.4 is 4.74 Å². The fourth-order valence-electron chi connectivity index (χ4n) is 2.76. The molecule has 1 atom stereocenters. The van der Waals surface area contributed by atoms with Crippen LogP contribution in [0.15, 0.2) is 16.7 Å². The third-order valence-corrected chi connectivity index (χ3v) is 4.11. The van der Waals surface area contributed by atoms with Gasteiger partial charge in [0.05, 0.1) is 11.1 Å². The molecule has 6 nitrogen and oxygen atoms in total. The van der Waals surface area contributed by atoms with Crippen LogP contribution in [-0.4, -0.2) is 46.3 Å². The highest BCUT2D eigenvalue weighted by molar-refractivity contribution is 6.32. The van der Waals surface area contributed by atoms with Crippen LogP contribution in [-0.2, 0) is 6.42 Å². The molecule has 1 aliphatic rings. The normalized spacial score (nSPS) is 18.7. The maximum Gasteiger partial charge on any atom is 0.227 e. The number of ether oxygens (including phenoxy) is 1. The van der Waals surface area contributed by atoms with Crippen LogP contribution in [0.4, 0.5) is 0 Å². The summed E-state index contributed by atoms with van der Waals surface area (Å²) in [6.45, 7) is 6.07. The highest BCUT2D eigenvalue weighted by Gasteiger charge is 2.23. The minimum absolute atomic E-state index is 0.0386. The molecule has 0 saturated carbocycles. The van der Waals surface area contributed by atoms with Crippen molar-refractivity contribution in [3.63, 3.8) is 0 Å². The Labute approximate surface area is 140 Å². The van der Waals surface area contributed by atoms with E-state index in [-0.39, 0.29) is 6.10 Å². The Kier molecular flexibility index (Phi) is 4.82. The van der Waals surface area contributed by atoms with Crippen molar-refractivity contribution in [1.82, 2.24) is 20.0 Å². The molecular weight excluding hydrogens is 316 g/mol. The van der Waals surface area contributed by atoms with Crippen LogP contribution in [0.3, 0.4) is 0 Å². The molecule has 0 aliphatic carbocycles. The average Bonchev–Trinajstić information content (AvgIpc) is 3.10. The van der Waals surface area contributed by atoms with Crippen molar-refractivity contribution in [2.45, 2.75) is 32.8 Å². The number of rotatable bonds is 5. The molecule has 124 valence electrons. The van der Waals surface area contributed by atoms with Crippen molar-refractivity contribution in [2.24, 2.45) is 5.92 Å². The first-order valence-electron chi connectivity index (χ1n) is 7.86. The van der Waals surface area contributed by atoms with E-state index in [1.807, 2.05) is 13.8 Å². The van der Waals surface area contributed by atoms with Crippen LogP contribution >= 0.6 is 11.6 Å². The van der Waals surface area contributed by atoms with Gasteiger partial charge in [0, 0.05) is 19.0 Å². The first-order chi connectivity index (χ1) is 11.0. The number of hydrogen-bond acceptors (Lipinski definition) is 6. The second kappa shape index (κ2) is 6.84. The maximum absolute atomic E-state index is 6.22. The van der Waals surface area contributed by atoms with Gasteiger partial charge in [0.2, 0.25) is 17.6 Å². The standard InChI is InChI=1S/C16H21ClN4O2/c1-10(2)22-13-5-4-12(17)15(18-13)16-19-14(23-20-16)8-11-6-7-21(3)9-11/h4-5,10-11H,6-9H2,1-3H3. The summed E-state index contributed by atoms with van der Waals surface area (Å²) in [7, 11) is 2.13. The SMILES string of the molecule is CC(C)Oc1ccc(Cl)c(-c2noc(CC3CCN(C)C3)n2)n1. The van der Waals surface area contributed by atoms with Crippen molar-refractivity contribution in [3.05, 3.63) is 23.0 Å². The Balaban J connectivity index is 1.76. The predicted octanol–water partition coefficient (Wildman–Crippen LogP) is 3.07. The van der Waals surface area contributed by atoms with E-state index in [9.17, 15) is 0 Å². The van der Waals surface area contributed by atoms with Gasteiger partial charge in [-0.25, -0.2) is 4.98 Å². The maximum atomic E-state index is 6.22. The summed E-state index contributed by atoms with van der Waals surface area (Å²) in [5.74, 6) is 2.11. The van der Waals surface area contributed by atoms with Gasteiger partial charge in [0.1, 0.15) is 5.69 Å². The van der Waals surface area contributed by atoms with Crippen LogP contribution in [0.25, 0.3) is 11.5 Å². The predicted molar refractivity (Wildman–Crippen MR) is 87.6 cm³/mol. The number of pyridine rings is 1. The van der Waals surface area contributed by atoms with Gasteiger partial charge in [-0.05, 0) is 45.8 Å². The van der Waals surface area contributed by atoms with E-state index in [4.69, 9.17) is 20.9 Å². The average molecular weight is 337 g/mol. The van der Waals surface area contributed by atoms with E-state index in [1.165, 1.54) is 0 Å². The fourth-order valence-corrected chi connectivity index (χ4v) is 2.95. The fraction of sp³-hybridized carbons (Fsp3) is 0.562. The summed E-state index contributed by atoms with van der Waals surface area (Å²) in [6, 6.07) is 3.48. The molecule has 0 radical (unpaired) electrons. The van der Waals surface area contributed by atoms with Crippen LogP contribution in [0.2, 0.25) is 5.02 Å². The van der Waals surface area contributed by atoms with E-state index in [1.54, 1.807) is 12.1 Å². The summed E-state index contributed by atoms with van der Waals surface area (Å²) in [5.41, 5.74) is 0.489. The molecule has 1 unspecified atom stereocenters. The lowest BCUT2D eigenvalue weighted by Gasteiger charge is -2.09. The molecule has 2 aromatic rings. The minimum Gasteiger partial charge on any atom is -0.475 e. The molecule has 1 saturated heterocycles. The number of nitrogens with zero attached hydrogens (tertiary/aromatic N) is 4. The molecule has 0 amide bonds. The van der Waals surface area contributed by atoms with Gasteiger partial charge in [-0.1, -0.05) is 16.8 Å². The Morgan fingerprint density at radius 2 is 2.22 bits per heavy atom. The first-order valence-corrected chi connectivity index (χ1v) is 8.23. The van der Waals surface area contributed by atoms with E-state index in [2.05, 4.69) is 27.1 Å². The molecule has 3 rings (SSSR count). The summed E-state index contributed by atoms with van der Waals surface area (Å²) in [6.07, 6.45) is 1.99. The van der Waals surface area contributed by atoms with Crippen LogP contribution in [0.1, 0.15) is 26.2 Å². The number of likely N-dealkylation sites (tertiary alicyclic amines) is 1. The second-order valence-corrected chi connectivity index (χ2v) is 6.69. The van der Waals surface area contributed by atoms with E-state index in [0.29, 0.717) is 34.2 Å². The monoisotopic (exact) mass is 336 g/mol. The molecular formula is C16H21ClN4O2. The Hall–Kier alpha value is -1.66. The third-order valence-electron chi connectivity index (χ3n) is 3.81. The van der Waals surface area contributed by atoms with Gasteiger partial charge in [-0.15, -0.1) is 0 Å².